The van der Waals surface area contributed by atoms with E-state index in [-0.39, 0.29) is 12.2 Å². The normalized spacial score (nSPS) is 19.4. The maximum Gasteiger partial charge on any atom is 0.144 e. The van der Waals surface area contributed by atoms with Crippen LogP contribution >= 0.6 is 0 Å². The molecule has 1 aliphatic rings. The maximum absolute atomic E-state index is 6.24. The smallest absolute Gasteiger partial charge is 0.144 e. The third kappa shape index (κ3) is 6.53. The second-order valence-corrected chi connectivity index (χ2v) is 7.47. The summed E-state index contributed by atoms with van der Waals surface area (Å²) in [5.41, 5.74) is 3.40. The minimum absolute atomic E-state index is 0.163. The van der Waals surface area contributed by atoms with Gasteiger partial charge in [-0.1, -0.05) is 91.0 Å². The maximum atomic E-state index is 6.24. The SMILES string of the molecule is C(/COCc1ccccc1)=C1\OC[C@H](OCc2ccccc2)[C@H]1OCc1ccccc1. The van der Waals surface area contributed by atoms with E-state index in [2.05, 4.69) is 36.4 Å². The summed E-state index contributed by atoms with van der Waals surface area (Å²) in [5.74, 6) is 0.780. The molecule has 0 aromatic heterocycles. The van der Waals surface area contributed by atoms with E-state index in [1.165, 1.54) is 0 Å². The molecule has 2 atom stereocenters. The highest BCUT2D eigenvalue weighted by molar-refractivity contribution is 5.16. The van der Waals surface area contributed by atoms with Crippen molar-refractivity contribution in [1.82, 2.24) is 0 Å². The Morgan fingerprint density at radius 1 is 0.677 bits per heavy atom. The van der Waals surface area contributed by atoms with Crippen molar-refractivity contribution in [1.29, 1.82) is 0 Å². The molecule has 0 radical (unpaired) electrons. The molecule has 4 rings (SSSR count). The first-order valence-corrected chi connectivity index (χ1v) is 10.6. The Morgan fingerprint density at radius 2 is 1.19 bits per heavy atom. The number of hydrogen-bond donors (Lipinski definition) is 0. The average molecular weight is 417 g/mol. The van der Waals surface area contributed by atoms with Crippen molar-refractivity contribution >= 4 is 0 Å². The van der Waals surface area contributed by atoms with Crippen molar-refractivity contribution in [3.8, 4) is 0 Å². The van der Waals surface area contributed by atoms with Crippen LogP contribution in [0.5, 0.6) is 0 Å². The predicted molar refractivity (Wildman–Crippen MR) is 120 cm³/mol. The highest BCUT2D eigenvalue weighted by atomic mass is 16.6. The fourth-order valence-electron chi connectivity index (χ4n) is 3.46. The van der Waals surface area contributed by atoms with Crippen molar-refractivity contribution < 1.29 is 18.9 Å². The average Bonchev–Trinajstić information content (AvgIpc) is 3.22. The molecule has 1 heterocycles. The zero-order valence-electron chi connectivity index (χ0n) is 17.6. The molecule has 0 aliphatic carbocycles. The molecular weight excluding hydrogens is 388 g/mol. The molecule has 1 aliphatic heterocycles. The standard InChI is InChI=1S/C27H28O4/c1-4-10-22(11-5-1)18-28-17-16-25-27(31-20-24-14-8-3-9-15-24)26(21-30-25)29-19-23-12-6-2-7-13-23/h1-16,26-27H,17-21H2/b25-16+/t26-,27-/m0/s1. The van der Waals surface area contributed by atoms with Gasteiger partial charge in [-0.3, -0.25) is 0 Å². The van der Waals surface area contributed by atoms with Crippen molar-refractivity contribution in [3.05, 3.63) is 120 Å². The van der Waals surface area contributed by atoms with E-state index in [1.807, 2.05) is 60.7 Å². The van der Waals surface area contributed by atoms with Crippen molar-refractivity contribution in [2.75, 3.05) is 13.2 Å². The summed E-state index contributed by atoms with van der Waals surface area (Å²) < 4.78 is 24.2. The van der Waals surface area contributed by atoms with Gasteiger partial charge in [-0.15, -0.1) is 0 Å². The van der Waals surface area contributed by atoms with Crippen molar-refractivity contribution in [3.63, 3.8) is 0 Å². The van der Waals surface area contributed by atoms with E-state index in [0.29, 0.717) is 33.0 Å². The van der Waals surface area contributed by atoms with Gasteiger partial charge in [0.2, 0.25) is 0 Å². The van der Waals surface area contributed by atoms with Crippen molar-refractivity contribution in [2.45, 2.75) is 32.0 Å². The van der Waals surface area contributed by atoms with Crippen LogP contribution < -0.4 is 0 Å². The van der Waals surface area contributed by atoms with E-state index >= 15 is 0 Å². The summed E-state index contributed by atoms with van der Waals surface area (Å²) in [6.45, 7) is 2.52. The van der Waals surface area contributed by atoms with Gasteiger partial charge in [-0.05, 0) is 22.8 Å². The van der Waals surface area contributed by atoms with Gasteiger partial charge < -0.3 is 18.9 Å². The first-order valence-electron chi connectivity index (χ1n) is 10.6. The van der Waals surface area contributed by atoms with Gasteiger partial charge >= 0.3 is 0 Å². The Kier molecular flexibility index (Phi) is 7.88. The van der Waals surface area contributed by atoms with Crippen LogP contribution in [0.25, 0.3) is 0 Å². The van der Waals surface area contributed by atoms with Crippen LogP contribution in [0.4, 0.5) is 0 Å². The quantitative estimate of drug-likeness (QED) is 0.421. The van der Waals surface area contributed by atoms with E-state index < -0.39 is 0 Å². The minimum Gasteiger partial charge on any atom is -0.492 e. The summed E-state index contributed by atoms with van der Waals surface area (Å²) in [5, 5.41) is 0. The second-order valence-electron chi connectivity index (χ2n) is 7.47. The summed E-state index contributed by atoms with van der Waals surface area (Å²) in [4.78, 5) is 0. The number of hydrogen-bond acceptors (Lipinski definition) is 4. The van der Waals surface area contributed by atoms with Crippen LogP contribution in [0.15, 0.2) is 103 Å². The molecule has 0 spiro atoms. The lowest BCUT2D eigenvalue weighted by atomic mass is 10.2. The summed E-state index contributed by atoms with van der Waals surface area (Å²) in [6.07, 6.45) is 1.54. The number of ether oxygens (including phenoxy) is 4. The van der Waals surface area contributed by atoms with E-state index in [1.54, 1.807) is 0 Å². The third-order valence-corrected chi connectivity index (χ3v) is 5.13. The van der Waals surface area contributed by atoms with Crippen LogP contribution in [0.3, 0.4) is 0 Å². The van der Waals surface area contributed by atoms with Crippen LogP contribution in [0.1, 0.15) is 16.7 Å². The molecule has 4 heteroatoms. The van der Waals surface area contributed by atoms with Gasteiger partial charge in [0.1, 0.15) is 24.6 Å². The highest BCUT2D eigenvalue weighted by Gasteiger charge is 2.35. The number of rotatable bonds is 10. The Bertz CT molecular complexity index is 925. The van der Waals surface area contributed by atoms with Gasteiger partial charge in [0.25, 0.3) is 0 Å². The molecule has 0 amide bonds. The van der Waals surface area contributed by atoms with E-state index in [4.69, 9.17) is 18.9 Å². The van der Waals surface area contributed by atoms with E-state index in [0.717, 1.165) is 22.4 Å². The fraction of sp³-hybridized carbons (Fsp3) is 0.259. The third-order valence-electron chi connectivity index (χ3n) is 5.13. The molecule has 4 nitrogen and oxygen atoms in total. The first kappa shape index (κ1) is 21.3. The van der Waals surface area contributed by atoms with Crippen molar-refractivity contribution in [2.24, 2.45) is 0 Å². The lowest BCUT2D eigenvalue weighted by Gasteiger charge is -2.19. The molecule has 1 fully saturated rings. The van der Waals surface area contributed by atoms with Crippen LogP contribution in [-0.4, -0.2) is 25.4 Å². The zero-order chi connectivity index (χ0) is 21.1. The van der Waals surface area contributed by atoms with Crippen LogP contribution in [0.2, 0.25) is 0 Å². The molecule has 3 aromatic rings. The van der Waals surface area contributed by atoms with Gasteiger partial charge in [0.05, 0.1) is 26.4 Å². The Labute approximate surface area is 184 Å². The molecule has 0 unspecified atom stereocenters. The topological polar surface area (TPSA) is 36.9 Å². The van der Waals surface area contributed by atoms with Gasteiger partial charge in [0, 0.05) is 0 Å². The van der Waals surface area contributed by atoms with Crippen LogP contribution in [0, 0.1) is 0 Å². The monoisotopic (exact) mass is 416 g/mol. The largest absolute Gasteiger partial charge is 0.492 e. The van der Waals surface area contributed by atoms with Gasteiger partial charge in [-0.2, -0.15) is 0 Å². The Morgan fingerprint density at radius 3 is 1.77 bits per heavy atom. The lowest BCUT2D eigenvalue weighted by Crippen LogP contribution is -2.29. The summed E-state index contributed by atoms with van der Waals surface area (Å²) >= 11 is 0. The first-order chi connectivity index (χ1) is 15.4. The molecule has 160 valence electrons. The Balaban J connectivity index is 1.36. The number of benzene rings is 3. The molecular formula is C27H28O4. The molecule has 0 bridgehead atoms. The molecule has 0 saturated carbocycles. The summed E-state index contributed by atoms with van der Waals surface area (Å²) in [6, 6.07) is 30.4. The second kappa shape index (κ2) is 11.5. The predicted octanol–water partition coefficient (Wildman–Crippen LogP) is 5.29. The molecule has 1 saturated heterocycles. The summed E-state index contributed by atoms with van der Waals surface area (Å²) in [7, 11) is 0. The van der Waals surface area contributed by atoms with Gasteiger partial charge in [-0.25, -0.2) is 0 Å². The lowest BCUT2D eigenvalue weighted by molar-refractivity contribution is -0.0527. The highest BCUT2D eigenvalue weighted by Crippen LogP contribution is 2.26. The molecule has 3 aromatic carbocycles. The molecule has 0 N–H and O–H groups in total. The zero-order valence-corrected chi connectivity index (χ0v) is 17.6. The van der Waals surface area contributed by atoms with Gasteiger partial charge in [0.15, 0.2) is 0 Å². The molecule has 31 heavy (non-hydrogen) atoms. The Hall–Kier alpha value is -2.92. The minimum atomic E-state index is -0.260. The van der Waals surface area contributed by atoms with Crippen LogP contribution in [-0.2, 0) is 38.8 Å². The fourth-order valence-corrected chi connectivity index (χ4v) is 3.46. The van der Waals surface area contributed by atoms with E-state index in [9.17, 15) is 0 Å².